The Hall–Kier alpha value is -1.01. The molecule has 17 heavy (non-hydrogen) atoms. The molecule has 1 aromatic rings. The molecular weight excluding hydrogens is 236 g/mol. The summed E-state index contributed by atoms with van der Waals surface area (Å²) in [4.78, 5) is 11.9. The number of aryl methyl sites for hydroxylation is 1. The summed E-state index contributed by atoms with van der Waals surface area (Å²) < 4.78 is 0. The lowest BCUT2D eigenvalue weighted by molar-refractivity contribution is -0.120. The number of hydrogen-bond acceptors (Lipinski definition) is 5. The van der Waals surface area contributed by atoms with Crippen molar-refractivity contribution in [2.75, 3.05) is 18.4 Å². The van der Waals surface area contributed by atoms with Crippen molar-refractivity contribution in [3.05, 3.63) is 5.01 Å². The van der Waals surface area contributed by atoms with Gasteiger partial charge in [0.25, 0.3) is 0 Å². The third kappa shape index (κ3) is 3.47. The summed E-state index contributed by atoms with van der Waals surface area (Å²) in [7, 11) is 0. The molecule has 0 saturated carbocycles. The van der Waals surface area contributed by atoms with Crippen LogP contribution in [0.2, 0.25) is 0 Å². The van der Waals surface area contributed by atoms with E-state index in [0.29, 0.717) is 5.13 Å². The van der Waals surface area contributed by atoms with Crippen LogP contribution in [0.4, 0.5) is 5.13 Å². The van der Waals surface area contributed by atoms with E-state index >= 15 is 0 Å². The van der Waals surface area contributed by atoms with Crippen molar-refractivity contribution >= 4 is 22.4 Å². The average Bonchev–Trinajstić information content (AvgIpc) is 2.78. The Morgan fingerprint density at radius 3 is 3.18 bits per heavy atom. The van der Waals surface area contributed by atoms with E-state index in [1.165, 1.54) is 11.3 Å². The third-order valence-electron chi connectivity index (χ3n) is 2.83. The van der Waals surface area contributed by atoms with Crippen molar-refractivity contribution in [3.8, 4) is 0 Å². The summed E-state index contributed by atoms with van der Waals surface area (Å²) >= 11 is 1.48. The molecule has 5 nitrogen and oxygen atoms in total. The van der Waals surface area contributed by atoms with Gasteiger partial charge in [-0.05, 0) is 25.8 Å². The van der Waals surface area contributed by atoms with Crippen molar-refractivity contribution in [2.45, 2.75) is 32.6 Å². The molecule has 1 aliphatic heterocycles. The second kappa shape index (κ2) is 6.07. The molecule has 0 spiro atoms. The second-order valence-corrected chi connectivity index (χ2v) is 5.35. The number of amides is 1. The van der Waals surface area contributed by atoms with Crippen molar-refractivity contribution in [1.29, 1.82) is 0 Å². The topological polar surface area (TPSA) is 66.9 Å². The zero-order chi connectivity index (χ0) is 12.1. The van der Waals surface area contributed by atoms with E-state index < -0.39 is 0 Å². The first kappa shape index (κ1) is 12.4. The molecule has 1 amide bonds. The maximum atomic E-state index is 11.9. The minimum absolute atomic E-state index is 0.0661. The SMILES string of the molecule is CCCc1nnc(NC(=O)C2CCCNC2)s1. The Balaban J connectivity index is 1.88. The highest BCUT2D eigenvalue weighted by molar-refractivity contribution is 7.15. The quantitative estimate of drug-likeness (QED) is 0.853. The molecule has 6 heteroatoms. The summed E-state index contributed by atoms with van der Waals surface area (Å²) in [5, 5.41) is 15.7. The van der Waals surface area contributed by atoms with Crippen LogP contribution in [0.15, 0.2) is 0 Å². The average molecular weight is 254 g/mol. The highest BCUT2D eigenvalue weighted by Gasteiger charge is 2.21. The Kier molecular flexibility index (Phi) is 4.44. The maximum absolute atomic E-state index is 11.9. The van der Waals surface area contributed by atoms with Gasteiger partial charge in [0.05, 0.1) is 5.92 Å². The molecule has 1 unspecified atom stereocenters. The fourth-order valence-electron chi connectivity index (χ4n) is 1.90. The number of nitrogens with one attached hydrogen (secondary N) is 2. The van der Waals surface area contributed by atoms with Gasteiger partial charge in [-0.2, -0.15) is 0 Å². The number of aromatic nitrogens is 2. The summed E-state index contributed by atoms with van der Waals surface area (Å²) in [5.41, 5.74) is 0. The van der Waals surface area contributed by atoms with Crippen LogP contribution in [-0.4, -0.2) is 29.2 Å². The number of anilines is 1. The molecule has 0 aliphatic carbocycles. The molecule has 94 valence electrons. The van der Waals surface area contributed by atoms with E-state index in [0.717, 1.165) is 43.8 Å². The van der Waals surface area contributed by atoms with Crippen LogP contribution in [0.5, 0.6) is 0 Å². The molecule has 0 bridgehead atoms. The highest BCUT2D eigenvalue weighted by Crippen LogP contribution is 2.18. The van der Waals surface area contributed by atoms with Gasteiger partial charge in [0.15, 0.2) is 0 Å². The predicted molar refractivity (Wildman–Crippen MR) is 68.1 cm³/mol. The third-order valence-corrected chi connectivity index (χ3v) is 3.73. The van der Waals surface area contributed by atoms with E-state index in [1.807, 2.05) is 0 Å². The maximum Gasteiger partial charge on any atom is 0.230 e. The molecule has 0 aromatic carbocycles. The molecule has 2 rings (SSSR count). The summed E-state index contributed by atoms with van der Waals surface area (Å²) in [5.74, 6) is 0.138. The van der Waals surface area contributed by atoms with Crippen molar-refractivity contribution in [1.82, 2.24) is 15.5 Å². The van der Waals surface area contributed by atoms with Gasteiger partial charge in [-0.3, -0.25) is 4.79 Å². The second-order valence-electron chi connectivity index (χ2n) is 4.28. The van der Waals surface area contributed by atoms with E-state index in [4.69, 9.17) is 0 Å². The summed E-state index contributed by atoms with van der Waals surface area (Å²) in [6, 6.07) is 0. The Morgan fingerprint density at radius 2 is 2.47 bits per heavy atom. The van der Waals surface area contributed by atoms with Crippen molar-refractivity contribution in [3.63, 3.8) is 0 Å². The Bertz CT molecular complexity index is 373. The molecule has 0 radical (unpaired) electrons. The largest absolute Gasteiger partial charge is 0.316 e. The van der Waals surface area contributed by atoms with Crippen molar-refractivity contribution in [2.24, 2.45) is 5.92 Å². The van der Waals surface area contributed by atoms with Crippen LogP contribution in [0.3, 0.4) is 0 Å². The summed E-state index contributed by atoms with van der Waals surface area (Å²) in [6.07, 6.45) is 4.00. The van der Waals surface area contributed by atoms with Gasteiger partial charge in [0.2, 0.25) is 11.0 Å². The number of carbonyl (C=O) groups is 1. The number of rotatable bonds is 4. The molecule has 2 heterocycles. The van der Waals surface area contributed by atoms with Crippen LogP contribution >= 0.6 is 11.3 Å². The molecule has 1 atom stereocenters. The van der Waals surface area contributed by atoms with E-state index in [1.54, 1.807) is 0 Å². The molecular formula is C11H18N4OS. The van der Waals surface area contributed by atoms with Gasteiger partial charge in [0.1, 0.15) is 5.01 Å². The van der Waals surface area contributed by atoms with Gasteiger partial charge in [0, 0.05) is 13.0 Å². The standard InChI is InChI=1S/C11H18N4OS/c1-2-4-9-14-15-11(17-9)13-10(16)8-5-3-6-12-7-8/h8,12H,2-7H2,1H3,(H,13,15,16). The fraction of sp³-hybridized carbons (Fsp3) is 0.727. The molecule has 1 aromatic heterocycles. The number of piperidine rings is 1. The Morgan fingerprint density at radius 1 is 1.59 bits per heavy atom. The molecule has 2 N–H and O–H groups in total. The number of carbonyl (C=O) groups excluding carboxylic acids is 1. The first-order chi connectivity index (χ1) is 8.29. The first-order valence-corrected chi connectivity index (χ1v) is 6.95. The normalized spacial score (nSPS) is 20.2. The predicted octanol–water partition coefficient (Wildman–Crippen LogP) is 1.43. The van der Waals surface area contributed by atoms with E-state index in [2.05, 4.69) is 27.8 Å². The van der Waals surface area contributed by atoms with Crippen LogP contribution in [-0.2, 0) is 11.2 Å². The lowest BCUT2D eigenvalue weighted by Crippen LogP contribution is -2.37. The van der Waals surface area contributed by atoms with Gasteiger partial charge in [-0.1, -0.05) is 18.3 Å². The van der Waals surface area contributed by atoms with E-state index in [-0.39, 0.29) is 11.8 Å². The van der Waals surface area contributed by atoms with Crippen LogP contribution in [0.1, 0.15) is 31.2 Å². The van der Waals surface area contributed by atoms with Gasteiger partial charge in [-0.25, -0.2) is 0 Å². The molecule has 1 saturated heterocycles. The Labute approximate surface area is 105 Å². The molecule has 1 aliphatic rings. The highest BCUT2D eigenvalue weighted by atomic mass is 32.1. The number of nitrogens with zero attached hydrogens (tertiary/aromatic N) is 2. The summed E-state index contributed by atoms with van der Waals surface area (Å²) in [6.45, 7) is 3.89. The van der Waals surface area contributed by atoms with E-state index in [9.17, 15) is 4.79 Å². The molecule has 1 fully saturated rings. The minimum atomic E-state index is 0.0661. The minimum Gasteiger partial charge on any atom is -0.316 e. The van der Waals surface area contributed by atoms with Gasteiger partial charge >= 0.3 is 0 Å². The smallest absolute Gasteiger partial charge is 0.230 e. The lowest BCUT2D eigenvalue weighted by Gasteiger charge is -2.20. The fourth-order valence-corrected chi connectivity index (χ4v) is 2.75. The number of hydrogen-bond donors (Lipinski definition) is 2. The van der Waals surface area contributed by atoms with Crippen LogP contribution < -0.4 is 10.6 Å². The first-order valence-electron chi connectivity index (χ1n) is 6.13. The lowest BCUT2D eigenvalue weighted by atomic mass is 9.99. The van der Waals surface area contributed by atoms with Gasteiger partial charge in [-0.15, -0.1) is 10.2 Å². The van der Waals surface area contributed by atoms with Crippen LogP contribution in [0, 0.1) is 5.92 Å². The van der Waals surface area contributed by atoms with Gasteiger partial charge < -0.3 is 10.6 Å². The van der Waals surface area contributed by atoms with Crippen molar-refractivity contribution < 1.29 is 4.79 Å². The van der Waals surface area contributed by atoms with Crippen LogP contribution in [0.25, 0.3) is 0 Å². The zero-order valence-electron chi connectivity index (χ0n) is 10.0. The monoisotopic (exact) mass is 254 g/mol. The zero-order valence-corrected chi connectivity index (χ0v) is 10.8.